The highest BCUT2D eigenvalue weighted by molar-refractivity contribution is 5.85. The Kier molecular flexibility index (Phi) is 4.59. The summed E-state index contributed by atoms with van der Waals surface area (Å²) >= 11 is 0. The van der Waals surface area contributed by atoms with E-state index in [9.17, 15) is 22.8 Å². The van der Waals surface area contributed by atoms with Crippen molar-refractivity contribution in [1.29, 1.82) is 0 Å². The van der Waals surface area contributed by atoms with Crippen LogP contribution in [0.1, 0.15) is 38.5 Å². The molecule has 1 aliphatic rings. The lowest BCUT2D eigenvalue weighted by Crippen LogP contribution is -2.36. The van der Waals surface area contributed by atoms with E-state index < -0.39 is 36.4 Å². The quantitative estimate of drug-likeness (QED) is 0.801. The monoisotopic (exact) mass is 267 g/mol. The number of hydrogen-bond acceptors (Lipinski definition) is 2. The third-order valence-electron chi connectivity index (χ3n) is 3.24. The van der Waals surface area contributed by atoms with E-state index in [0.29, 0.717) is 12.8 Å². The molecule has 0 aliphatic heterocycles. The average molecular weight is 267 g/mol. The summed E-state index contributed by atoms with van der Waals surface area (Å²) in [6.07, 6.45) is -3.35. The molecule has 1 saturated carbocycles. The van der Waals surface area contributed by atoms with Gasteiger partial charge in [0, 0.05) is 13.0 Å². The zero-order chi connectivity index (χ0) is 13.8. The molecule has 0 spiro atoms. The highest BCUT2D eigenvalue weighted by Gasteiger charge is 2.43. The predicted octanol–water partition coefficient (Wildman–Crippen LogP) is 2.09. The molecule has 0 unspecified atom stereocenters. The van der Waals surface area contributed by atoms with Gasteiger partial charge in [-0.05, 0) is 12.8 Å². The molecule has 1 rings (SSSR count). The van der Waals surface area contributed by atoms with Gasteiger partial charge in [-0.3, -0.25) is 9.59 Å². The number of aliphatic carboxylic acids is 1. The second-order valence-corrected chi connectivity index (χ2v) is 4.68. The van der Waals surface area contributed by atoms with Crippen LogP contribution in [0.5, 0.6) is 0 Å². The van der Waals surface area contributed by atoms with Gasteiger partial charge in [-0.25, -0.2) is 0 Å². The number of amides is 1. The van der Waals surface area contributed by atoms with Crippen LogP contribution in [-0.4, -0.2) is 29.7 Å². The van der Waals surface area contributed by atoms with Crippen molar-refractivity contribution >= 4 is 11.9 Å². The molecule has 4 nitrogen and oxygen atoms in total. The predicted molar refractivity (Wildman–Crippen MR) is 56.8 cm³/mol. The minimum absolute atomic E-state index is 0.236. The van der Waals surface area contributed by atoms with E-state index in [-0.39, 0.29) is 6.42 Å². The van der Waals surface area contributed by atoms with Crippen LogP contribution in [0.3, 0.4) is 0 Å². The number of carboxylic acid groups (broad SMARTS) is 1. The van der Waals surface area contributed by atoms with Crippen molar-refractivity contribution < 1.29 is 27.9 Å². The first kappa shape index (κ1) is 14.8. The highest BCUT2D eigenvalue weighted by atomic mass is 19.4. The van der Waals surface area contributed by atoms with Crippen molar-refractivity contribution in [2.24, 2.45) is 5.41 Å². The van der Waals surface area contributed by atoms with Crippen LogP contribution in [0, 0.1) is 5.41 Å². The lowest BCUT2D eigenvalue weighted by atomic mass is 9.82. The van der Waals surface area contributed by atoms with Gasteiger partial charge in [-0.2, -0.15) is 13.2 Å². The first-order chi connectivity index (χ1) is 8.25. The SMILES string of the molecule is O=C(CC1(C(=O)O)CCCC1)NCCC(F)(F)F. The van der Waals surface area contributed by atoms with Crippen LogP contribution >= 0.6 is 0 Å². The molecule has 18 heavy (non-hydrogen) atoms. The number of rotatable bonds is 5. The molecule has 0 heterocycles. The second kappa shape index (κ2) is 5.58. The zero-order valence-electron chi connectivity index (χ0n) is 9.85. The maximum absolute atomic E-state index is 11.9. The van der Waals surface area contributed by atoms with Gasteiger partial charge < -0.3 is 10.4 Å². The van der Waals surface area contributed by atoms with E-state index in [1.54, 1.807) is 0 Å². The summed E-state index contributed by atoms with van der Waals surface area (Å²) in [7, 11) is 0. The van der Waals surface area contributed by atoms with Gasteiger partial charge in [0.1, 0.15) is 0 Å². The lowest BCUT2D eigenvalue weighted by Gasteiger charge is -2.22. The third kappa shape index (κ3) is 4.19. The summed E-state index contributed by atoms with van der Waals surface area (Å²) in [5.41, 5.74) is -1.08. The van der Waals surface area contributed by atoms with Crippen molar-refractivity contribution in [3.05, 3.63) is 0 Å². The Morgan fingerprint density at radius 2 is 1.78 bits per heavy atom. The summed E-state index contributed by atoms with van der Waals surface area (Å²) in [6, 6.07) is 0. The maximum atomic E-state index is 11.9. The molecule has 104 valence electrons. The van der Waals surface area contributed by atoms with Crippen molar-refractivity contribution in [2.75, 3.05) is 6.54 Å². The Morgan fingerprint density at radius 3 is 2.22 bits per heavy atom. The molecule has 1 fully saturated rings. The number of hydrogen-bond donors (Lipinski definition) is 2. The van der Waals surface area contributed by atoms with Crippen LogP contribution in [0.25, 0.3) is 0 Å². The molecular formula is C11H16F3NO3. The maximum Gasteiger partial charge on any atom is 0.390 e. The van der Waals surface area contributed by atoms with Crippen molar-refractivity contribution in [1.82, 2.24) is 5.32 Å². The summed E-state index contributed by atoms with van der Waals surface area (Å²) < 4.78 is 35.6. The average Bonchev–Trinajstić information content (AvgIpc) is 2.65. The van der Waals surface area contributed by atoms with Gasteiger partial charge in [0.15, 0.2) is 0 Å². The van der Waals surface area contributed by atoms with E-state index in [4.69, 9.17) is 5.11 Å². The first-order valence-corrected chi connectivity index (χ1v) is 5.82. The van der Waals surface area contributed by atoms with Crippen LogP contribution in [0.2, 0.25) is 0 Å². The largest absolute Gasteiger partial charge is 0.481 e. The molecule has 0 aromatic heterocycles. The molecule has 0 aromatic carbocycles. The van der Waals surface area contributed by atoms with E-state index in [0.717, 1.165) is 12.8 Å². The number of nitrogens with one attached hydrogen (secondary N) is 1. The molecule has 0 radical (unpaired) electrons. The fourth-order valence-electron chi connectivity index (χ4n) is 2.23. The van der Waals surface area contributed by atoms with Gasteiger partial charge >= 0.3 is 12.1 Å². The molecule has 0 saturated heterocycles. The Balaban J connectivity index is 2.41. The fraction of sp³-hybridized carbons (Fsp3) is 0.818. The van der Waals surface area contributed by atoms with Gasteiger partial charge in [-0.1, -0.05) is 12.8 Å². The van der Waals surface area contributed by atoms with E-state index in [2.05, 4.69) is 5.32 Å². The van der Waals surface area contributed by atoms with Crippen molar-refractivity contribution in [3.63, 3.8) is 0 Å². The first-order valence-electron chi connectivity index (χ1n) is 5.82. The Bertz CT molecular complexity index is 322. The molecular weight excluding hydrogens is 251 g/mol. The molecule has 0 atom stereocenters. The topological polar surface area (TPSA) is 66.4 Å². The normalized spacial score (nSPS) is 18.6. The Morgan fingerprint density at radius 1 is 1.22 bits per heavy atom. The summed E-state index contributed by atoms with van der Waals surface area (Å²) in [5, 5.41) is 11.2. The molecule has 0 aromatic rings. The van der Waals surface area contributed by atoms with Gasteiger partial charge in [0.2, 0.25) is 5.91 Å². The number of carbonyl (C=O) groups is 2. The fourth-order valence-corrected chi connectivity index (χ4v) is 2.23. The smallest absolute Gasteiger partial charge is 0.390 e. The number of carboxylic acids is 1. The minimum Gasteiger partial charge on any atom is -0.481 e. The molecule has 1 amide bonds. The van der Waals surface area contributed by atoms with E-state index in [1.807, 2.05) is 0 Å². The van der Waals surface area contributed by atoms with Crippen molar-refractivity contribution in [3.8, 4) is 0 Å². The standard InChI is InChI=1S/C11H16F3NO3/c12-11(13,14)5-6-15-8(16)7-10(9(17)18)3-1-2-4-10/h1-7H2,(H,15,16)(H,17,18). The van der Waals surface area contributed by atoms with Crippen LogP contribution in [0.15, 0.2) is 0 Å². The van der Waals surface area contributed by atoms with Crippen LogP contribution in [-0.2, 0) is 9.59 Å². The van der Waals surface area contributed by atoms with Crippen LogP contribution < -0.4 is 5.32 Å². The molecule has 0 bridgehead atoms. The minimum atomic E-state index is -4.31. The highest BCUT2D eigenvalue weighted by Crippen LogP contribution is 2.41. The van der Waals surface area contributed by atoms with E-state index in [1.165, 1.54) is 0 Å². The second-order valence-electron chi connectivity index (χ2n) is 4.68. The molecule has 1 aliphatic carbocycles. The lowest BCUT2D eigenvalue weighted by molar-refractivity contribution is -0.152. The van der Waals surface area contributed by atoms with Gasteiger partial charge in [0.25, 0.3) is 0 Å². The molecule has 2 N–H and O–H groups in total. The Hall–Kier alpha value is -1.27. The Labute approximate surface area is 103 Å². The van der Waals surface area contributed by atoms with Crippen molar-refractivity contribution in [2.45, 2.75) is 44.7 Å². The third-order valence-corrected chi connectivity index (χ3v) is 3.24. The van der Waals surface area contributed by atoms with Gasteiger partial charge in [0.05, 0.1) is 11.8 Å². The summed E-state index contributed by atoms with van der Waals surface area (Å²) in [4.78, 5) is 22.6. The summed E-state index contributed by atoms with van der Waals surface area (Å²) in [5.74, 6) is -1.66. The number of alkyl halides is 3. The van der Waals surface area contributed by atoms with Gasteiger partial charge in [-0.15, -0.1) is 0 Å². The number of carbonyl (C=O) groups excluding carboxylic acids is 1. The van der Waals surface area contributed by atoms with E-state index >= 15 is 0 Å². The summed E-state index contributed by atoms with van der Waals surface area (Å²) in [6.45, 7) is -0.502. The zero-order valence-corrected chi connectivity index (χ0v) is 9.85. The van der Waals surface area contributed by atoms with Crippen LogP contribution in [0.4, 0.5) is 13.2 Å². The molecule has 7 heteroatoms. The number of halogens is 3.